The normalized spacial score (nSPS) is 18.0. The van der Waals surface area contributed by atoms with Gasteiger partial charge in [-0.3, -0.25) is 9.48 Å². The zero-order chi connectivity index (χ0) is 19.3. The van der Waals surface area contributed by atoms with E-state index in [4.69, 9.17) is 5.10 Å². The SMILES string of the molecule is Cc1cc(C(=O)NC2CCN(c3nccn4nc(C5CC5)cc34)CC2)nn1C. The molecule has 1 saturated carbocycles. The second-order valence-corrected chi connectivity index (χ2v) is 7.95. The summed E-state index contributed by atoms with van der Waals surface area (Å²) in [4.78, 5) is 19.4. The summed E-state index contributed by atoms with van der Waals surface area (Å²) in [5.74, 6) is 1.53. The number of aryl methyl sites for hydroxylation is 2. The predicted octanol–water partition coefficient (Wildman–Crippen LogP) is 2.05. The number of carbonyl (C=O) groups excluding carboxylic acids is 1. The summed E-state index contributed by atoms with van der Waals surface area (Å²) in [6.07, 6.45) is 8.02. The van der Waals surface area contributed by atoms with Crippen LogP contribution in [0.25, 0.3) is 5.52 Å². The average Bonchev–Trinajstić information content (AvgIpc) is 3.36. The number of rotatable bonds is 4. The maximum Gasteiger partial charge on any atom is 0.272 e. The number of amides is 1. The number of carbonyl (C=O) groups is 1. The van der Waals surface area contributed by atoms with Gasteiger partial charge in [0.1, 0.15) is 11.2 Å². The monoisotopic (exact) mass is 379 g/mol. The molecule has 0 unspecified atom stereocenters. The number of hydrogen-bond donors (Lipinski definition) is 1. The number of anilines is 1. The first-order valence-corrected chi connectivity index (χ1v) is 9.99. The number of nitrogens with zero attached hydrogens (tertiary/aromatic N) is 6. The minimum atomic E-state index is -0.0905. The summed E-state index contributed by atoms with van der Waals surface area (Å²) < 4.78 is 3.68. The van der Waals surface area contributed by atoms with E-state index in [-0.39, 0.29) is 11.9 Å². The fourth-order valence-corrected chi connectivity index (χ4v) is 3.92. The quantitative estimate of drug-likeness (QED) is 0.750. The van der Waals surface area contributed by atoms with Gasteiger partial charge in [-0.1, -0.05) is 0 Å². The van der Waals surface area contributed by atoms with Crippen molar-refractivity contribution >= 4 is 17.2 Å². The van der Waals surface area contributed by atoms with Gasteiger partial charge in [0, 0.05) is 50.2 Å². The number of aromatic nitrogens is 5. The molecule has 5 rings (SSSR count). The summed E-state index contributed by atoms with van der Waals surface area (Å²) in [5, 5.41) is 12.1. The van der Waals surface area contributed by atoms with Crippen molar-refractivity contribution in [2.24, 2.45) is 7.05 Å². The molecule has 4 heterocycles. The smallest absolute Gasteiger partial charge is 0.272 e. The first-order chi connectivity index (χ1) is 13.6. The van der Waals surface area contributed by atoms with Gasteiger partial charge in [-0.25, -0.2) is 9.50 Å². The molecule has 146 valence electrons. The molecule has 28 heavy (non-hydrogen) atoms. The van der Waals surface area contributed by atoms with Crippen LogP contribution in [0.2, 0.25) is 0 Å². The lowest BCUT2D eigenvalue weighted by Gasteiger charge is -2.33. The van der Waals surface area contributed by atoms with Crippen molar-refractivity contribution in [2.75, 3.05) is 18.0 Å². The molecule has 1 amide bonds. The van der Waals surface area contributed by atoms with E-state index in [2.05, 4.69) is 26.4 Å². The van der Waals surface area contributed by atoms with Crippen LogP contribution in [0.3, 0.4) is 0 Å². The van der Waals surface area contributed by atoms with Crippen LogP contribution in [0, 0.1) is 6.92 Å². The summed E-state index contributed by atoms with van der Waals surface area (Å²) >= 11 is 0. The lowest BCUT2D eigenvalue weighted by Crippen LogP contribution is -2.45. The first kappa shape index (κ1) is 17.2. The van der Waals surface area contributed by atoms with Crippen LogP contribution in [-0.2, 0) is 7.05 Å². The molecule has 0 atom stereocenters. The van der Waals surface area contributed by atoms with E-state index >= 15 is 0 Å². The third-order valence-corrected chi connectivity index (χ3v) is 5.86. The van der Waals surface area contributed by atoms with E-state index in [0.717, 1.165) is 43.0 Å². The molecule has 1 N–H and O–H groups in total. The largest absolute Gasteiger partial charge is 0.355 e. The fraction of sp³-hybridized carbons (Fsp3) is 0.500. The third kappa shape index (κ3) is 3.12. The maximum absolute atomic E-state index is 12.5. The highest BCUT2D eigenvalue weighted by Crippen LogP contribution is 2.40. The molecule has 3 aromatic rings. The van der Waals surface area contributed by atoms with Gasteiger partial charge in [-0.05, 0) is 44.7 Å². The zero-order valence-electron chi connectivity index (χ0n) is 16.3. The second-order valence-electron chi connectivity index (χ2n) is 7.95. The standard InChI is InChI=1S/C20H25N7O/c1-13-11-17(23-25(13)2)20(28)22-15-5-8-26(9-6-15)19-18-12-16(14-3-4-14)24-27(18)10-7-21-19/h7,10-12,14-15H,3-6,8-9H2,1-2H3,(H,22,28). The molecule has 8 nitrogen and oxygen atoms in total. The number of nitrogens with one attached hydrogen (secondary N) is 1. The zero-order valence-corrected chi connectivity index (χ0v) is 16.3. The van der Waals surface area contributed by atoms with Crippen molar-refractivity contribution < 1.29 is 4.79 Å². The van der Waals surface area contributed by atoms with Crippen LogP contribution in [0.1, 0.15) is 53.5 Å². The van der Waals surface area contributed by atoms with E-state index in [1.807, 2.05) is 36.9 Å². The Balaban J connectivity index is 1.26. The summed E-state index contributed by atoms with van der Waals surface area (Å²) in [6.45, 7) is 3.67. The number of hydrogen-bond acceptors (Lipinski definition) is 5. The summed E-state index contributed by atoms with van der Waals surface area (Å²) in [5.41, 5.74) is 3.73. The Morgan fingerprint density at radius 2 is 1.93 bits per heavy atom. The Morgan fingerprint density at radius 3 is 2.61 bits per heavy atom. The fourth-order valence-electron chi connectivity index (χ4n) is 3.92. The van der Waals surface area contributed by atoms with Gasteiger partial charge in [0.25, 0.3) is 5.91 Å². The lowest BCUT2D eigenvalue weighted by molar-refractivity contribution is 0.0925. The average molecular weight is 379 g/mol. The molecular formula is C20H25N7O. The van der Waals surface area contributed by atoms with Gasteiger partial charge >= 0.3 is 0 Å². The van der Waals surface area contributed by atoms with Crippen molar-refractivity contribution in [3.63, 3.8) is 0 Å². The van der Waals surface area contributed by atoms with Crippen molar-refractivity contribution in [1.29, 1.82) is 0 Å². The molecule has 1 aliphatic carbocycles. The van der Waals surface area contributed by atoms with Gasteiger partial charge in [-0.15, -0.1) is 0 Å². The first-order valence-electron chi connectivity index (χ1n) is 9.99. The molecule has 1 saturated heterocycles. The minimum absolute atomic E-state index is 0.0905. The predicted molar refractivity (Wildman–Crippen MR) is 106 cm³/mol. The van der Waals surface area contributed by atoms with E-state index in [1.165, 1.54) is 18.5 Å². The molecule has 3 aromatic heterocycles. The Kier molecular flexibility index (Phi) is 4.07. The Morgan fingerprint density at radius 1 is 1.14 bits per heavy atom. The van der Waals surface area contributed by atoms with Gasteiger partial charge < -0.3 is 10.2 Å². The molecule has 8 heteroatoms. The van der Waals surface area contributed by atoms with Crippen molar-refractivity contribution in [3.05, 3.63) is 41.6 Å². The molecule has 0 bridgehead atoms. The molecule has 2 aliphatic rings. The van der Waals surface area contributed by atoms with Gasteiger partial charge in [0.15, 0.2) is 5.82 Å². The number of fused-ring (bicyclic) bond motifs is 1. The maximum atomic E-state index is 12.5. The molecule has 2 fully saturated rings. The third-order valence-electron chi connectivity index (χ3n) is 5.86. The van der Waals surface area contributed by atoms with Gasteiger partial charge in [0.2, 0.25) is 0 Å². The van der Waals surface area contributed by atoms with Crippen LogP contribution in [0.5, 0.6) is 0 Å². The summed E-state index contributed by atoms with van der Waals surface area (Å²) in [7, 11) is 1.85. The van der Waals surface area contributed by atoms with Crippen LogP contribution in [-0.4, -0.2) is 49.4 Å². The van der Waals surface area contributed by atoms with Crippen LogP contribution in [0.15, 0.2) is 24.5 Å². The van der Waals surface area contributed by atoms with Crippen molar-refractivity contribution in [3.8, 4) is 0 Å². The molecular weight excluding hydrogens is 354 g/mol. The highest BCUT2D eigenvalue weighted by Gasteiger charge is 2.28. The van der Waals surface area contributed by atoms with Crippen LogP contribution >= 0.6 is 0 Å². The molecule has 1 aliphatic heterocycles. The van der Waals surface area contributed by atoms with E-state index in [1.54, 1.807) is 4.68 Å². The highest BCUT2D eigenvalue weighted by atomic mass is 16.2. The lowest BCUT2D eigenvalue weighted by atomic mass is 10.0. The van der Waals surface area contributed by atoms with Crippen molar-refractivity contribution in [1.82, 2.24) is 29.7 Å². The minimum Gasteiger partial charge on any atom is -0.355 e. The molecule has 0 aromatic carbocycles. The van der Waals surface area contributed by atoms with E-state index in [0.29, 0.717) is 11.6 Å². The van der Waals surface area contributed by atoms with Gasteiger partial charge in [-0.2, -0.15) is 10.2 Å². The Bertz CT molecular complexity index is 1010. The Hall–Kier alpha value is -2.90. The topological polar surface area (TPSA) is 80.3 Å². The van der Waals surface area contributed by atoms with Gasteiger partial charge in [0.05, 0.1) is 5.69 Å². The van der Waals surface area contributed by atoms with E-state index in [9.17, 15) is 4.79 Å². The van der Waals surface area contributed by atoms with Crippen LogP contribution < -0.4 is 10.2 Å². The molecule has 0 spiro atoms. The van der Waals surface area contributed by atoms with E-state index < -0.39 is 0 Å². The Labute approximate surface area is 163 Å². The summed E-state index contributed by atoms with van der Waals surface area (Å²) in [6, 6.07) is 4.18. The molecule has 0 radical (unpaired) electrons. The second kappa shape index (κ2) is 6.61. The van der Waals surface area contributed by atoms with Crippen molar-refractivity contribution in [2.45, 2.75) is 44.6 Å². The number of piperidine rings is 1. The highest BCUT2D eigenvalue weighted by molar-refractivity contribution is 5.92. The van der Waals surface area contributed by atoms with Crippen LogP contribution in [0.4, 0.5) is 5.82 Å².